The zero-order valence-electron chi connectivity index (χ0n) is 18.1. The van der Waals surface area contributed by atoms with Crippen molar-refractivity contribution in [2.75, 3.05) is 39.0 Å². The molecule has 0 aliphatic carbocycles. The second kappa shape index (κ2) is 9.15. The largest absolute Gasteiger partial charge is 0.493 e. The Bertz CT molecular complexity index is 963. The first-order chi connectivity index (χ1) is 14.4. The molecule has 9 nitrogen and oxygen atoms in total. The average molecular weight is 415 g/mol. The Kier molecular flexibility index (Phi) is 6.59. The molecule has 0 spiro atoms. The van der Waals surface area contributed by atoms with Crippen molar-refractivity contribution in [2.45, 2.75) is 33.6 Å². The third-order valence-electron chi connectivity index (χ3n) is 5.54. The standard InChI is InChI=1S/C21H30N6O3/c1-5-17(30-4)18-23-19-16(22)11-15(13-27(19)24-18)21(29)26-10-8-9-14(12-26)20(28)25(6-2)7-3/h5,11,13-14H,6-10,12,22H2,1-4H3/b17-5-. The van der Waals surface area contributed by atoms with E-state index in [2.05, 4.69) is 10.1 Å². The summed E-state index contributed by atoms with van der Waals surface area (Å²) >= 11 is 0. The van der Waals surface area contributed by atoms with Crippen LogP contribution in [0.4, 0.5) is 5.69 Å². The van der Waals surface area contributed by atoms with Gasteiger partial charge in [0.2, 0.25) is 11.7 Å². The van der Waals surface area contributed by atoms with Crippen molar-refractivity contribution in [1.82, 2.24) is 24.4 Å². The number of amides is 2. The molecule has 1 aliphatic heterocycles. The molecule has 1 fully saturated rings. The van der Waals surface area contributed by atoms with Crippen molar-refractivity contribution < 1.29 is 14.3 Å². The van der Waals surface area contributed by atoms with Crippen LogP contribution in [0.15, 0.2) is 18.3 Å². The van der Waals surface area contributed by atoms with Gasteiger partial charge in [-0.1, -0.05) is 0 Å². The first-order valence-electron chi connectivity index (χ1n) is 10.4. The van der Waals surface area contributed by atoms with E-state index in [1.807, 2.05) is 25.7 Å². The van der Waals surface area contributed by atoms with Gasteiger partial charge in [0, 0.05) is 32.4 Å². The Hall–Kier alpha value is -3.10. The molecule has 2 amide bonds. The van der Waals surface area contributed by atoms with E-state index in [-0.39, 0.29) is 17.7 Å². The van der Waals surface area contributed by atoms with Crippen LogP contribution in [0.5, 0.6) is 0 Å². The highest BCUT2D eigenvalue weighted by atomic mass is 16.5. The molecule has 3 heterocycles. The van der Waals surface area contributed by atoms with Crippen molar-refractivity contribution in [3.05, 3.63) is 29.7 Å². The van der Waals surface area contributed by atoms with Gasteiger partial charge in [-0.15, -0.1) is 5.10 Å². The number of fused-ring (bicyclic) bond motifs is 1. The van der Waals surface area contributed by atoms with Crippen LogP contribution < -0.4 is 5.73 Å². The molecule has 9 heteroatoms. The van der Waals surface area contributed by atoms with Crippen LogP contribution in [0.2, 0.25) is 0 Å². The van der Waals surface area contributed by atoms with Crippen molar-refractivity contribution in [2.24, 2.45) is 5.92 Å². The third kappa shape index (κ3) is 4.10. The molecule has 1 unspecified atom stereocenters. The van der Waals surface area contributed by atoms with Gasteiger partial charge in [-0.2, -0.15) is 0 Å². The number of ether oxygens (including phenoxy) is 1. The number of piperidine rings is 1. The molecule has 2 aromatic heterocycles. The van der Waals surface area contributed by atoms with Gasteiger partial charge < -0.3 is 20.3 Å². The van der Waals surface area contributed by atoms with Crippen molar-refractivity contribution in [3.63, 3.8) is 0 Å². The quantitative estimate of drug-likeness (QED) is 0.725. The number of carbonyl (C=O) groups is 2. The molecule has 0 radical (unpaired) electrons. The van der Waals surface area contributed by atoms with Crippen LogP contribution in [0.25, 0.3) is 11.4 Å². The Morgan fingerprint density at radius 3 is 2.73 bits per heavy atom. The molecule has 162 valence electrons. The van der Waals surface area contributed by atoms with Gasteiger partial charge in [-0.05, 0) is 45.8 Å². The fraction of sp³-hybridized carbons (Fsp3) is 0.524. The lowest BCUT2D eigenvalue weighted by Crippen LogP contribution is -2.46. The van der Waals surface area contributed by atoms with Gasteiger partial charge in [-0.3, -0.25) is 9.59 Å². The van der Waals surface area contributed by atoms with E-state index >= 15 is 0 Å². The van der Waals surface area contributed by atoms with E-state index in [9.17, 15) is 9.59 Å². The SMILES string of the molecule is C/C=C(\OC)c1nc2c(N)cc(C(=O)N3CCCC(C(=O)N(CC)CC)C3)cn2n1. The molecule has 1 aliphatic rings. The number of nitrogen functional groups attached to an aromatic ring is 1. The number of carbonyl (C=O) groups excluding carboxylic acids is 2. The molecule has 30 heavy (non-hydrogen) atoms. The van der Waals surface area contributed by atoms with Gasteiger partial charge >= 0.3 is 0 Å². The molecule has 2 aromatic rings. The molecule has 1 atom stereocenters. The summed E-state index contributed by atoms with van der Waals surface area (Å²) in [4.78, 5) is 33.9. The van der Waals surface area contributed by atoms with Gasteiger partial charge in [-0.25, -0.2) is 9.50 Å². The molecule has 1 saturated heterocycles. The van der Waals surface area contributed by atoms with E-state index < -0.39 is 0 Å². The number of anilines is 1. The number of likely N-dealkylation sites (tertiary alicyclic amines) is 1. The second-order valence-electron chi connectivity index (χ2n) is 7.35. The number of methoxy groups -OCH3 is 1. The minimum absolute atomic E-state index is 0.117. The molecule has 0 saturated carbocycles. The Labute approximate surface area is 176 Å². The molecule has 0 aromatic carbocycles. The first-order valence-corrected chi connectivity index (χ1v) is 10.4. The smallest absolute Gasteiger partial charge is 0.255 e. The van der Waals surface area contributed by atoms with Gasteiger partial charge in [0.15, 0.2) is 11.4 Å². The van der Waals surface area contributed by atoms with E-state index in [1.165, 1.54) is 4.52 Å². The topological polar surface area (TPSA) is 106 Å². The highest BCUT2D eigenvalue weighted by Gasteiger charge is 2.31. The van der Waals surface area contributed by atoms with E-state index in [1.54, 1.807) is 30.3 Å². The van der Waals surface area contributed by atoms with Gasteiger partial charge in [0.05, 0.1) is 24.3 Å². The summed E-state index contributed by atoms with van der Waals surface area (Å²) in [6.45, 7) is 8.17. The van der Waals surface area contributed by atoms with Crippen LogP contribution in [-0.2, 0) is 9.53 Å². The van der Waals surface area contributed by atoms with Crippen molar-refractivity contribution in [1.29, 1.82) is 0 Å². The first kappa shape index (κ1) is 21.6. The van der Waals surface area contributed by atoms with Crippen LogP contribution in [0.1, 0.15) is 49.8 Å². The predicted octanol–water partition coefficient (Wildman–Crippen LogP) is 2.04. The number of nitrogens with two attached hydrogens (primary N) is 1. The van der Waals surface area contributed by atoms with E-state index in [0.717, 1.165) is 12.8 Å². The Morgan fingerprint density at radius 1 is 1.37 bits per heavy atom. The summed E-state index contributed by atoms with van der Waals surface area (Å²) in [5.74, 6) is 0.724. The monoisotopic (exact) mass is 414 g/mol. The van der Waals surface area contributed by atoms with Crippen LogP contribution >= 0.6 is 0 Å². The maximum atomic E-state index is 13.2. The van der Waals surface area contributed by atoms with Crippen molar-refractivity contribution >= 4 is 28.9 Å². The summed E-state index contributed by atoms with van der Waals surface area (Å²) in [6, 6.07) is 1.62. The number of rotatable bonds is 6. The number of pyridine rings is 1. The lowest BCUT2D eigenvalue weighted by molar-refractivity contribution is -0.136. The van der Waals surface area contributed by atoms with Crippen LogP contribution in [0.3, 0.4) is 0 Å². The highest BCUT2D eigenvalue weighted by Crippen LogP contribution is 2.23. The maximum absolute atomic E-state index is 13.2. The van der Waals surface area contributed by atoms with Gasteiger partial charge in [0.1, 0.15) is 0 Å². The highest BCUT2D eigenvalue weighted by molar-refractivity contribution is 5.96. The summed E-state index contributed by atoms with van der Waals surface area (Å²) in [6.07, 6.45) is 4.99. The molecular formula is C21H30N6O3. The predicted molar refractivity (Wildman–Crippen MR) is 115 cm³/mol. The Morgan fingerprint density at radius 2 is 2.10 bits per heavy atom. The summed E-state index contributed by atoms with van der Waals surface area (Å²) in [5.41, 5.74) is 7.40. The third-order valence-corrected chi connectivity index (χ3v) is 5.54. The zero-order chi connectivity index (χ0) is 21.8. The molecule has 2 N–H and O–H groups in total. The minimum atomic E-state index is -0.166. The summed E-state index contributed by atoms with van der Waals surface area (Å²) in [5, 5.41) is 4.39. The number of hydrogen-bond donors (Lipinski definition) is 1. The molecular weight excluding hydrogens is 384 g/mol. The number of aromatic nitrogens is 3. The molecule has 3 rings (SSSR count). The fourth-order valence-electron chi connectivity index (χ4n) is 3.91. The van der Waals surface area contributed by atoms with Crippen LogP contribution in [-0.4, -0.2) is 69.5 Å². The summed E-state index contributed by atoms with van der Waals surface area (Å²) < 4.78 is 6.77. The maximum Gasteiger partial charge on any atom is 0.255 e. The summed E-state index contributed by atoms with van der Waals surface area (Å²) in [7, 11) is 1.55. The van der Waals surface area contributed by atoms with E-state index in [4.69, 9.17) is 10.5 Å². The Balaban J connectivity index is 1.84. The minimum Gasteiger partial charge on any atom is -0.493 e. The average Bonchev–Trinajstić information content (AvgIpc) is 3.19. The van der Waals surface area contributed by atoms with Crippen molar-refractivity contribution in [3.8, 4) is 0 Å². The van der Waals surface area contributed by atoms with E-state index in [0.29, 0.717) is 54.7 Å². The normalized spacial score (nSPS) is 17.3. The number of nitrogens with zero attached hydrogens (tertiary/aromatic N) is 5. The number of hydrogen-bond acceptors (Lipinski definition) is 6. The second-order valence-corrected chi connectivity index (χ2v) is 7.35. The number of allylic oxidation sites excluding steroid dienone is 1. The lowest BCUT2D eigenvalue weighted by atomic mass is 9.96. The lowest BCUT2D eigenvalue weighted by Gasteiger charge is -2.34. The zero-order valence-corrected chi connectivity index (χ0v) is 18.1. The fourth-order valence-corrected chi connectivity index (χ4v) is 3.91. The molecule has 0 bridgehead atoms. The van der Waals surface area contributed by atoms with Crippen LogP contribution in [0, 0.1) is 5.92 Å². The van der Waals surface area contributed by atoms with Gasteiger partial charge in [0.25, 0.3) is 5.91 Å².